The van der Waals surface area contributed by atoms with E-state index in [-0.39, 0.29) is 12.5 Å². The van der Waals surface area contributed by atoms with Crippen molar-refractivity contribution in [2.45, 2.75) is 51.6 Å². The minimum absolute atomic E-state index is 0.0643. The number of aliphatic hydroxyl groups is 1. The molecule has 0 saturated heterocycles. The zero-order chi connectivity index (χ0) is 12.0. The molecule has 0 aromatic rings. The van der Waals surface area contributed by atoms with Crippen LogP contribution in [0.1, 0.15) is 46.0 Å². The largest absolute Gasteiger partial charge is 0.463 e. The van der Waals surface area contributed by atoms with Crippen molar-refractivity contribution in [1.29, 1.82) is 0 Å². The van der Waals surface area contributed by atoms with Gasteiger partial charge in [-0.3, -0.25) is 0 Å². The second kappa shape index (κ2) is 5.91. The molecule has 1 fully saturated rings. The Hall–Kier alpha value is -1.01. The number of hydrogen-bond acceptors (Lipinski definition) is 3. The Labute approximate surface area is 97.2 Å². The van der Waals surface area contributed by atoms with Gasteiger partial charge in [0.05, 0.1) is 6.61 Å². The summed E-state index contributed by atoms with van der Waals surface area (Å²) in [5.74, 6) is 4.86. The van der Waals surface area contributed by atoms with Gasteiger partial charge in [-0.2, -0.15) is 0 Å². The molecule has 1 aliphatic rings. The van der Waals surface area contributed by atoms with Crippen molar-refractivity contribution >= 4 is 5.97 Å². The maximum atomic E-state index is 11.8. The van der Waals surface area contributed by atoms with Crippen molar-refractivity contribution in [2.24, 2.45) is 5.92 Å². The predicted molar refractivity (Wildman–Crippen MR) is 61.6 cm³/mol. The molecule has 0 aromatic carbocycles. The highest BCUT2D eigenvalue weighted by atomic mass is 16.5. The van der Waals surface area contributed by atoms with E-state index in [1.165, 1.54) is 0 Å². The van der Waals surface area contributed by atoms with Crippen LogP contribution in [0.4, 0.5) is 0 Å². The highest BCUT2D eigenvalue weighted by Gasteiger charge is 2.45. The standard InChI is InChI=1S/C13H20O3/c1-3-5-10-13(15,12(14)16-4-2)11-8-6-7-9-11/h11,15H,3-4,6-9H2,1-2H3. The van der Waals surface area contributed by atoms with Gasteiger partial charge in [-0.05, 0) is 19.8 Å². The molecule has 0 aliphatic heterocycles. The Morgan fingerprint density at radius 3 is 2.56 bits per heavy atom. The first-order valence-electron chi connectivity index (χ1n) is 6.04. The van der Waals surface area contributed by atoms with Gasteiger partial charge in [-0.25, -0.2) is 4.79 Å². The van der Waals surface area contributed by atoms with Gasteiger partial charge in [0.1, 0.15) is 0 Å². The zero-order valence-electron chi connectivity index (χ0n) is 10.1. The lowest BCUT2D eigenvalue weighted by molar-refractivity contribution is -0.163. The Bertz CT molecular complexity index is 294. The van der Waals surface area contributed by atoms with E-state index in [0.29, 0.717) is 6.42 Å². The summed E-state index contributed by atoms with van der Waals surface area (Å²) in [7, 11) is 0. The van der Waals surface area contributed by atoms with Gasteiger partial charge in [0.25, 0.3) is 0 Å². The molecule has 0 amide bonds. The van der Waals surface area contributed by atoms with Gasteiger partial charge in [0, 0.05) is 12.3 Å². The van der Waals surface area contributed by atoms with Crippen LogP contribution in [0.15, 0.2) is 0 Å². The topological polar surface area (TPSA) is 46.5 Å². The molecule has 1 rings (SSSR count). The van der Waals surface area contributed by atoms with E-state index in [1.807, 2.05) is 6.92 Å². The smallest absolute Gasteiger partial charge is 0.351 e. The fraction of sp³-hybridized carbons (Fsp3) is 0.769. The van der Waals surface area contributed by atoms with Gasteiger partial charge in [0.2, 0.25) is 5.60 Å². The summed E-state index contributed by atoms with van der Waals surface area (Å²) in [6.07, 6.45) is 4.45. The molecule has 1 saturated carbocycles. The van der Waals surface area contributed by atoms with E-state index in [1.54, 1.807) is 6.92 Å². The lowest BCUT2D eigenvalue weighted by Crippen LogP contribution is -2.45. The van der Waals surface area contributed by atoms with Crippen LogP contribution < -0.4 is 0 Å². The first-order chi connectivity index (χ1) is 7.65. The first kappa shape index (κ1) is 13.1. The molecule has 90 valence electrons. The van der Waals surface area contributed by atoms with Crippen LogP contribution in [-0.2, 0) is 9.53 Å². The van der Waals surface area contributed by atoms with E-state index in [0.717, 1.165) is 25.7 Å². The van der Waals surface area contributed by atoms with Crippen molar-refractivity contribution < 1.29 is 14.6 Å². The van der Waals surface area contributed by atoms with E-state index >= 15 is 0 Å². The Kier molecular flexibility index (Phi) is 4.82. The second-order valence-electron chi connectivity index (χ2n) is 4.12. The van der Waals surface area contributed by atoms with Gasteiger partial charge >= 0.3 is 5.97 Å². The fourth-order valence-electron chi connectivity index (χ4n) is 2.13. The molecule has 0 aromatic heterocycles. The SMILES string of the molecule is CCC#CC(O)(C(=O)OCC)C1CCCC1. The quantitative estimate of drug-likeness (QED) is 0.588. The number of esters is 1. The minimum atomic E-state index is -1.58. The Balaban J connectivity index is 2.86. The van der Waals surface area contributed by atoms with Crippen LogP contribution in [0.25, 0.3) is 0 Å². The molecule has 1 atom stereocenters. The summed E-state index contributed by atoms with van der Waals surface area (Å²) in [4.78, 5) is 11.8. The molecule has 3 heteroatoms. The van der Waals surface area contributed by atoms with Crippen molar-refractivity contribution in [3.63, 3.8) is 0 Å². The number of carbonyl (C=O) groups excluding carboxylic acids is 1. The summed E-state index contributed by atoms with van der Waals surface area (Å²) >= 11 is 0. The van der Waals surface area contributed by atoms with Gasteiger partial charge < -0.3 is 9.84 Å². The van der Waals surface area contributed by atoms with E-state index in [2.05, 4.69) is 11.8 Å². The molecule has 1 unspecified atom stereocenters. The number of hydrogen-bond donors (Lipinski definition) is 1. The summed E-state index contributed by atoms with van der Waals surface area (Å²) in [5, 5.41) is 10.4. The van der Waals surface area contributed by atoms with Gasteiger partial charge in [0.15, 0.2) is 0 Å². The van der Waals surface area contributed by atoms with E-state index in [4.69, 9.17) is 4.74 Å². The summed E-state index contributed by atoms with van der Waals surface area (Å²) in [6, 6.07) is 0. The first-order valence-corrected chi connectivity index (χ1v) is 6.04. The molecule has 0 heterocycles. The fourth-order valence-corrected chi connectivity index (χ4v) is 2.13. The van der Waals surface area contributed by atoms with Crippen LogP contribution in [0.5, 0.6) is 0 Å². The maximum absolute atomic E-state index is 11.8. The highest BCUT2D eigenvalue weighted by molar-refractivity contribution is 5.83. The van der Waals surface area contributed by atoms with Gasteiger partial charge in [-0.15, -0.1) is 0 Å². The summed E-state index contributed by atoms with van der Waals surface area (Å²) < 4.78 is 4.93. The lowest BCUT2D eigenvalue weighted by atomic mass is 9.86. The van der Waals surface area contributed by atoms with Crippen molar-refractivity contribution in [2.75, 3.05) is 6.61 Å². The Morgan fingerprint density at radius 2 is 2.06 bits per heavy atom. The average Bonchev–Trinajstić information content (AvgIpc) is 2.80. The molecule has 0 spiro atoms. The molecule has 0 bridgehead atoms. The second-order valence-corrected chi connectivity index (χ2v) is 4.12. The van der Waals surface area contributed by atoms with Crippen molar-refractivity contribution in [1.82, 2.24) is 0 Å². The third-order valence-electron chi connectivity index (χ3n) is 2.99. The van der Waals surface area contributed by atoms with Crippen LogP contribution in [0.2, 0.25) is 0 Å². The van der Waals surface area contributed by atoms with Crippen LogP contribution in [-0.4, -0.2) is 23.3 Å². The van der Waals surface area contributed by atoms with Crippen molar-refractivity contribution in [3.05, 3.63) is 0 Å². The molecule has 16 heavy (non-hydrogen) atoms. The van der Waals surface area contributed by atoms with Crippen LogP contribution in [0.3, 0.4) is 0 Å². The number of rotatable bonds is 3. The van der Waals surface area contributed by atoms with Crippen molar-refractivity contribution in [3.8, 4) is 11.8 Å². The normalized spacial score (nSPS) is 19.7. The number of carbonyl (C=O) groups is 1. The monoisotopic (exact) mass is 224 g/mol. The summed E-state index contributed by atoms with van der Waals surface area (Å²) in [5.41, 5.74) is -1.58. The molecule has 1 aliphatic carbocycles. The maximum Gasteiger partial charge on any atom is 0.351 e. The van der Waals surface area contributed by atoms with Crippen LogP contribution in [0, 0.1) is 17.8 Å². The highest BCUT2D eigenvalue weighted by Crippen LogP contribution is 2.34. The molecule has 0 radical (unpaired) electrons. The summed E-state index contributed by atoms with van der Waals surface area (Å²) in [6.45, 7) is 3.91. The molecular weight excluding hydrogens is 204 g/mol. The predicted octanol–water partition coefficient (Wildman–Crippen LogP) is 1.88. The Morgan fingerprint density at radius 1 is 1.44 bits per heavy atom. The van der Waals surface area contributed by atoms with Gasteiger partial charge in [-0.1, -0.05) is 31.6 Å². The molecular formula is C13H20O3. The van der Waals surface area contributed by atoms with E-state index in [9.17, 15) is 9.90 Å². The average molecular weight is 224 g/mol. The minimum Gasteiger partial charge on any atom is -0.463 e. The zero-order valence-corrected chi connectivity index (χ0v) is 10.1. The lowest BCUT2D eigenvalue weighted by Gasteiger charge is -2.26. The van der Waals surface area contributed by atoms with E-state index < -0.39 is 11.6 Å². The third-order valence-corrected chi connectivity index (χ3v) is 2.99. The van der Waals surface area contributed by atoms with Crippen LogP contribution >= 0.6 is 0 Å². The molecule has 1 N–H and O–H groups in total. The number of ether oxygens (including phenoxy) is 1. The molecule has 3 nitrogen and oxygen atoms in total. The third kappa shape index (κ3) is 2.76.